The lowest BCUT2D eigenvalue weighted by molar-refractivity contribution is 0.417. The lowest BCUT2D eigenvalue weighted by atomic mass is 10.1. The van der Waals surface area contributed by atoms with Gasteiger partial charge in [-0.2, -0.15) is 5.26 Å². The number of fused-ring (bicyclic) bond motifs is 1. The van der Waals surface area contributed by atoms with Crippen molar-refractivity contribution in [3.63, 3.8) is 0 Å². The first-order valence-electron chi connectivity index (χ1n) is 4.23. The van der Waals surface area contributed by atoms with E-state index in [2.05, 4.69) is 6.07 Å². The molecule has 1 aromatic heterocycles. The molecule has 0 radical (unpaired) electrons. The third-order valence-electron chi connectivity index (χ3n) is 2.16. The van der Waals surface area contributed by atoms with Crippen molar-refractivity contribution >= 4 is 21.4 Å². The monoisotopic (exact) mass is 203 g/mol. The Bertz CT molecular complexity index is 522. The Morgan fingerprint density at radius 2 is 2.21 bits per heavy atom. The molecule has 2 rings (SSSR count). The lowest BCUT2D eigenvalue weighted by Gasteiger charge is -2.04. The van der Waals surface area contributed by atoms with Crippen LogP contribution in [0.1, 0.15) is 10.4 Å². The Morgan fingerprint density at radius 3 is 2.86 bits per heavy atom. The van der Waals surface area contributed by atoms with Crippen molar-refractivity contribution < 1.29 is 4.74 Å². The van der Waals surface area contributed by atoms with Crippen LogP contribution in [0.4, 0.5) is 0 Å². The molecule has 0 unspecified atom stereocenters. The molecule has 0 saturated carbocycles. The molecule has 2 nitrogen and oxygen atoms in total. The Morgan fingerprint density at radius 1 is 1.43 bits per heavy atom. The smallest absolute Gasteiger partial charge is 0.130 e. The number of aryl methyl sites for hydroxylation is 1. The summed E-state index contributed by atoms with van der Waals surface area (Å²) in [6.07, 6.45) is 0. The highest BCUT2D eigenvalue weighted by molar-refractivity contribution is 7.19. The van der Waals surface area contributed by atoms with Crippen LogP contribution < -0.4 is 4.74 Å². The van der Waals surface area contributed by atoms with Crippen LogP contribution in [0.5, 0.6) is 5.75 Å². The largest absolute Gasteiger partial charge is 0.496 e. The van der Waals surface area contributed by atoms with Gasteiger partial charge in [0.05, 0.1) is 7.11 Å². The zero-order chi connectivity index (χ0) is 10.1. The fourth-order valence-electron chi connectivity index (χ4n) is 1.52. The number of hydrogen-bond acceptors (Lipinski definition) is 3. The van der Waals surface area contributed by atoms with Gasteiger partial charge in [-0.15, -0.1) is 11.3 Å². The molecule has 0 aliphatic carbocycles. The molecule has 0 aliphatic rings. The summed E-state index contributed by atoms with van der Waals surface area (Å²) in [4.78, 5) is 0.726. The molecule has 70 valence electrons. The summed E-state index contributed by atoms with van der Waals surface area (Å²) in [5.41, 5.74) is 1.10. The van der Waals surface area contributed by atoms with Gasteiger partial charge in [-0.1, -0.05) is 6.07 Å². The summed E-state index contributed by atoms with van der Waals surface area (Å²) >= 11 is 1.49. The van der Waals surface area contributed by atoms with Crippen LogP contribution in [-0.2, 0) is 0 Å². The molecule has 0 bridgehead atoms. The maximum Gasteiger partial charge on any atom is 0.130 e. The number of thiophene rings is 1. The average molecular weight is 203 g/mol. The van der Waals surface area contributed by atoms with Crippen molar-refractivity contribution in [3.05, 3.63) is 28.6 Å². The number of hydrogen-bond donors (Lipinski definition) is 0. The number of benzene rings is 1. The number of nitriles is 1. The third kappa shape index (κ3) is 1.24. The maximum atomic E-state index is 8.79. The van der Waals surface area contributed by atoms with Crippen molar-refractivity contribution in [2.75, 3.05) is 7.11 Å². The highest BCUT2D eigenvalue weighted by atomic mass is 32.1. The van der Waals surface area contributed by atoms with E-state index in [1.807, 2.05) is 25.1 Å². The molecule has 14 heavy (non-hydrogen) atoms. The average Bonchev–Trinajstić information content (AvgIpc) is 2.60. The number of methoxy groups -OCH3 is 1. The van der Waals surface area contributed by atoms with E-state index < -0.39 is 0 Å². The fourth-order valence-corrected chi connectivity index (χ4v) is 2.38. The minimum atomic E-state index is 0.726. The summed E-state index contributed by atoms with van der Waals surface area (Å²) in [6, 6.07) is 8.07. The highest BCUT2D eigenvalue weighted by Crippen LogP contribution is 2.34. The molecule has 0 spiro atoms. The normalized spacial score (nSPS) is 10.1. The quantitative estimate of drug-likeness (QED) is 0.713. The molecule has 0 saturated heterocycles. The molecule has 0 N–H and O–H groups in total. The van der Waals surface area contributed by atoms with E-state index in [0.717, 1.165) is 26.3 Å². The molecular formula is C11H9NOS. The van der Waals surface area contributed by atoms with E-state index in [-0.39, 0.29) is 0 Å². The second-order valence-electron chi connectivity index (χ2n) is 3.05. The summed E-state index contributed by atoms with van der Waals surface area (Å²) in [7, 11) is 1.66. The Kier molecular flexibility index (Phi) is 2.14. The van der Waals surface area contributed by atoms with E-state index in [0.29, 0.717) is 0 Å². The van der Waals surface area contributed by atoms with E-state index in [9.17, 15) is 0 Å². The van der Waals surface area contributed by atoms with Gasteiger partial charge < -0.3 is 4.74 Å². The molecule has 0 amide bonds. The van der Waals surface area contributed by atoms with Gasteiger partial charge in [0.25, 0.3) is 0 Å². The van der Waals surface area contributed by atoms with Gasteiger partial charge in [-0.25, -0.2) is 0 Å². The van der Waals surface area contributed by atoms with Gasteiger partial charge in [-0.3, -0.25) is 0 Å². The van der Waals surface area contributed by atoms with Crippen molar-refractivity contribution in [1.29, 1.82) is 5.26 Å². The topological polar surface area (TPSA) is 33.0 Å². The molecule has 1 aromatic carbocycles. The third-order valence-corrected chi connectivity index (χ3v) is 3.17. The van der Waals surface area contributed by atoms with Gasteiger partial charge in [0.1, 0.15) is 16.7 Å². The van der Waals surface area contributed by atoms with Crippen LogP contribution in [0.2, 0.25) is 0 Å². The van der Waals surface area contributed by atoms with Crippen LogP contribution in [0.15, 0.2) is 18.2 Å². The Hall–Kier alpha value is -1.53. The van der Waals surface area contributed by atoms with Crippen LogP contribution in [0, 0.1) is 18.3 Å². The number of ether oxygens (including phenoxy) is 1. The first-order chi connectivity index (χ1) is 6.76. The summed E-state index contributed by atoms with van der Waals surface area (Å²) < 4.78 is 6.41. The molecule has 2 aromatic rings. The standard InChI is InChI=1S/C11H9NOS/c1-7-3-4-10-9(11(7)13-2)5-8(6-12)14-10/h3-5H,1-2H3. The number of nitrogens with zero attached hydrogens (tertiary/aromatic N) is 1. The van der Waals surface area contributed by atoms with Crippen LogP contribution in [0.25, 0.3) is 10.1 Å². The SMILES string of the molecule is COc1c(C)ccc2sc(C#N)cc12. The molecule has 0 fully saturated rings. The van der Waals surface area contributed by atoms with Crippen LogP contribution >= 0.6 is 11.3 Å². The summed E-state index contributed by atoms with van der Waals surface area (Å²) in [6.45, 7) is 2.00. The first kappa shape index (κ1) is 9.04. The summed E-state index contributed by atoms with van der Waals surface area (Å²) in [5, 5.41) is 9.83. The minimum Gasteiger partial charge on any atom is -0.496 e. The van der Waals surface area contributed by atoms with Crippen LogP contribution in [-0.4, -0.2) is 7.11 Å². The van der Waals surface area contributed by atoms with E-state index in [1.54, 1.807) is 7.11 Å². The van der Waals surface area contributed by atoms with Crippen LogP contribution in [0.3, 0.4) is 0 Å². The van der Waals surface area contributed by atoms with Crippen molar-refractivity contribution in [2.45, 2.75) is 6.92 Å². The first-order valence-corrected chi connectivity index (χ1v) is 5.05. The molecule has 3 heteroatoms. The molecule has 0 aliphatic heterocycles. The van der Waals surface area contributed by atoms with Gasteiger partial charge in [0, 0.05) is 10.1 Å². The van der Waals surface area contributed by atoms with Crippen molar-refractivity contribution in [3.8, 4) is 11.8 Å². The van der Waals surface area contributed by atoms with E-state index in [4.69, 9.17) is 10.00 Å². The fraction of sp³-hybridized carbons (Fsp3) is 0.182. The van der Waals surface area contributed by atoms with Gasteiger partial charge >= 0.3 is 0 Å². The van der Waals surface area contributed by atoms with E-state index >= 15 is 0 Å². The molecule has 0 atom stereocenters. The lowest BCUT2D eigenvalue weighted by Crippen LogP contribution is -1.86. The molecular weight excluding hydrogens is 194 g/mol. The van der Waals surface area contributed by atoms with Gasteiger partial charge in [0.15, 0.2) is 0 Å². The zero-order valence-corrected chi connectivity index (χ0v) is 8.81. The maximum absolute atomic E-state index is 8.79. The minimum absolute atomic E-state index is 0.726. The van der Waals surface area contributed by atoms with Gasteiger partial charge in [-0.05, 0) is 24.6 Å². The zero-order valence-electron chi connectivity index (χ0n) is 8.00. The number of rotatable bonds is 1. The molecule has 1 heterocycles. The van der Waals surface area contributed by atoms with Crippen molar-refractivity contribution in [2.24, 2.45) is 0 Å². The van der Waals surface area contributed by atoms with Crippen molar-refractivity contribution in [1.82, 2.24) is 0 Å². The predicted octanol–water partition coefficient (Wildman–Crippen LogP) is 3.09. The second kappa shape index (κ2) is 3.32. The second-order valence-corrected chi connectivity index (χ2v) is 4.13. The Balaban J connectivity index is 2.81. The van der Waals surface area contributed by atoms with E-state index in [1.165, 1.54) is 11.3 Å². The summed E-state index contributed by atoms with van der Waals surface area (Å²) in [5.74, 6) is 0.875. The predicted molar refractivity (Wildman–Crippen MR) is 57.8 cm³/mol. The van der Waals surface area contributed by atoms with Gasteiger partial charge in [0.2, 0.25) is 0 Å². The Labute approximate surface area is 86.4 Å². The highest BCUT2D eigenvalue weighted by Gasteiger charge is 2.08.